The lowest BCUT2D eigenvalue weighted by atomic mass is 10.1. The van der Waals surface area contributed by atoms with Crippen LogP contribution in [0.25, 0.3) is 0 Å². The summed E-state index contributed by atoms with van der Waals surface area (Å²) < 4.78 is 25.2. The highest BCUT2D eigenvalue weighted by molar-refractivity contribution is 9.11. The van der Waals surface area contributed by atoms with Crippen LogP contribution in [-0.2, 0) is 24.4 Å². The summed E-state index contributed by atoms with van der Waals surface area (Å²) in [5.74, 6) is 1.27. The molecule has 0 saturated heterocycles. The number of hydrogen-bond acceptors (Lipinski definition) is 4. The molecule has 2 unspecified atom stereocenters. The number of aromatic nitrogens is 2. The molecule has 38 heavy (non-hydrogen) atoms. The molecule has 2 atom stereocenters. The van der Waals surface area contributed by atoms with Crippen molar-refractivity contribution in [1.82, 2.24) is 4.57 Å². The Balaban J connectivity index is 1.51. The molecule has 3 aromatic carbocycles. The molecule has 1 N–H and O–H groups in total. The van der Waals surface area contributed by atoms with Crippen LogP contribution in [0, 0.1) is 0 Å². The summed E-state index contributed by atoms with van der Waals surface area (Å²) in [6.45, 7) is 1.40. The Morgan fingerprint density at radius 1 is 0.868 bits per heavy atom. The van der Waals surface area contributed by atoms with E-state index in [4.69, 9.17) is 14.2 Å². The van der Waals surface area contributed by atoms with Crippen LogP contribution in [0.4, 0.5) is 0 Å². The minimum Gasteiger partial charge on any atom is -0.497 e. The molecule has 0 aliphatic heterocycles. The molecule has 200 valence electrons. The summed E-state index contributed by atoms with van der Waals surface area (Å²) in [5, 5.41) is 10.9. The smallest absolute Gasteiger partial charge is 0.243 e. The number of aliphatic hydroxyl groups is 1. The van der Waals surface area contributed by atoms with Crippen LogP contribution in [0.2, 0.25) is 0 Å². The van der Waals surface area contributed by atoms with Crippen LogP contribution in [0.1, 0.15) is 28.9 Å². The summed E-state index contributed by atoms with van der Waals surface area (Å²) in [6.07, 6.45) is 4.92. The predicted molar refractivity (Wildman–Crippen MR) is 160 cm³/mol. The molecule has 0 radical (unpaired) electrons. The second-order valence-corrected chi connectivity index (χ2v) is 12.2. The van der Waals surface area contributed by atoms with E-state index in [9.17, 15) is 5.11 Å². The minimum atomic E-state index is -0.751. The van der Waals surface area contributed by atoms with E-state index < -0.39 is 6.10 Å². The molecule has 0 bridgehead atoms. The van der Waals surface area contributed by atoms with Gasteiger partial charge in [0, 0.05) is 29.5 Å². The fraction of sp³-hybridized carbons (Fsp3) is 0.250. The molecule has 4 rings (SSSR count). The summed E-state index contributed by atoms with van der Waals surface area (Å²) in [7, 11) is 3.19. The van der Waals surface area contributed by atoms with Crippen LogP contribution in [-0.4, -0.2) is 23.9 Å². The normalized spacial score (nSPS) is 12.8. The first-order valence-corrected chi connectivity index (χ1v) is 14.9. The fourth-order valence-electron chi connectivity index (χ4n) is 4.07. The molecule has 0 spiro atoms. The second-order valence-electron chi connectivity index (χ2n) is 8.63. The van der Waals surface area contributed by atoms with E-state index in [0.29, 0.717) is 36.8 Å². The van der Waals surface area contributed by atoms with E-state index in [0.717, 1.165) is 29.0 Å². The molecular formula is C28H27Br4N2O4+. The average molecular weight is 775 g/mol. The van der Waals surface area contributed by atoms with Crippen LogP contribution in [0.5, 0.6) is 11.5 Å². The summed E-state index contributed by atoms with van der Waals surface area (Å²) in [5.41, 5.74) is 2.81. The lowest BCUT2D eigenvalue weighted by Crippen LogP contribution is -2.34. The lowest BCUT2D eigenvalue weighted by Gasteiger charge is -2.19. The van der Waals surface area contributed by atoms with Gasteiger partial charge < -0.3 is 19.3 Å². The quantitative estimate of drug-likeness (QED) is 0.160. The van der Waals surface area contributed by atoms with Gasteiger partial charge in [-0.1, -0.05) is 75.9 Å². The molecule has 0 amide bonds. The first-order chi connectivity index (χ1) is 18.3. The molecule has 0 saturated carbocycles. The van der Waals surface area contributed by atoms with Crippen molar-refractivity contribution < 1.29 is 23.9 Å². The highest BCUT2D eigenvalue weighted by atomic mass is 79.9. The van der Waals surface area contributed by atoms with E-state index in [1.165, 1.54) is 0 Å². The summed E-state index contributed by atoms with van der Waals surface area (Å²) in [6, 6.07) is 17.6. The van der Waals surface area contributed by atoms with Gasteiger partial charge in [-0.2, -0.15) is 0 Å². The van der Waals surface area contributed by atoms with E-state index in [1.54, 1.807) is 20.3 Å². The fourth-order valence-corrected chi connectivity index (χ4v) is 6.53. The number of halogens is 4. The van der Waals surface area contributed by atoms with Crippen LogP contribution < -0.4 is 14.0 Å². The number of aliphatic hydroxyl groups excluding tert-OH is 1. The van der Waals surface area contributed by atoms with Crippen molar-refractivity contribution in [2.75, 3.05) is 14.2 Å². The third kappa shape index (κ3) is 7.49. The molecule has 0 aliphatic carbocycles. The Bertz CT molecular complexity index is 1400. The Labute approximate surface area is 256 Å². The van der Waals surface area contributed by atoms with Gasteiger partial charge in [-0.3, -0.25) is 0 Å². The standard InChI is InChI=1S/C28H27Br4N2O4/c1-36-21-6-8-23(27(13-21)37-2)26(35)14-33-9-10-34(17-33)15-28(22-7-5-20(30)12-25(22)32)38-16-18-3-4-19(29)11-24(18)31/h3-13,17,26,28,35H,14-16H2,1-2H3/q+1. The van der Waals surface area contributed by atoms with Crippen molar-refractivity contribution in [1.29, 1.82) is 0 Å². The molecule has 6 nitrogen and oxygen atoms in total. The van der Waals surface area contributed by atoms with Gasteiger partial charge in [0.15, 0.2) is 0 Å². The maximum absolute atomic E-state index is 10.9. The zero-order valence-electron chi connectivity index (χ0n) is 20.8. The molecule has 1 heterocycles. The number of methoxy groups -OCH3 is 2. The zero-order valence-corrected chi connectivity index (χ0v) is 27.1. The number of benzene rings is 3. The Kier molecular flexibility index (Phi) is 10.5. The molecule has 1 aromatic heterocycles. The maximum Gasteiger partial charge on any atom is 0.243 e. The first-order valence-electron chi connectivity index (χ1n) is 11.7. The van der Waals surface area contributed by atoms with E-state index in [-0.39, 0.29) is 6.10 Å². The minimum absolute atomic E-state index is 0.222. The highest BCUT2D eigenvalue weighted by Crippen LogP contribution is 2.32. The van der Waals surface area contributed by atoms with Gasteiger partial charge in [-0.05, 0) is 47.5 Å². The molecule has 10 heteroatoms. The van der Waals surface area contributed by atoms with Gasteiger partial charge in [-0.15, -0.1) is 0 Å². The van der Waals surface area contributed by atoms with Crippen molar-refractivity contribution in [3.63, 3.8) is 0 Å². The van der Waals surface area contributed by atoms with Gasteiger partial charge in [0.25, 0.3) is 0 Å². The average Bonchev–Trinajstić information content (AvgIpc) is 3.33. The van der Waals surface area contributed by atoms with E-state index in [1.807, 2.05) is 65.8 Å². The summed E-state index contributed by atoms with van der Waals surface area (Å²) >= 11 is 14.4. The zero-order chi connectivity index (χ0) is 27.2. The monoisotopic (exact) mass is 771 g/mol. The van der Waals surface area contributed by atoms with Gasteiger partial charge in [-0.25, -0.2) is 9.13 Å². The van der Waals surface area contributed by atoms with Crippen molar-refractivity contribution in [3.8, 4) is 11.5 Å². The Hall–Kier alpha value is -1.69. The topological polar surface area (TPSA) is 56.7 Å². The number of nitrogens with zero attached hydrogens (tertiary/aromatic N) is 2. The SMILES string of the molecule is COc1ccc(C(O)C[n+]2ccn(CC(OCc3ccc(Br)cc3Br)c3ccc(Br)cc3Br)c2)c(OC)c1. The molecule has 0 fully saturated rings. The van der Waals surface area contributed by atoms with Crippen LogP contribution in [0.15, 0.2) is 91.2 Å². The second kappa shape index (κ2) is 13.6. The highest BCUT2D eigenvalue weighted by Gasteiger charge is 2.22. The van der Waals surface area contributed by atoms with Gasteiger partial charge >= 0.3 is 0 Å². The number of ether oxygens (including phenoxy) is 3. The number of hydrogen-bond donors (Lipinski definition) is 1. The predicted octanol–water partition coefficient (Wildman–Crippen LogP) is 7.53. The van der Waals surface area contributed by atoms with Crippen LogP contribution in [0.3, 0.4) is 0 Å². The third-order valence-electron chi connectivity index (χ3n) is 6.07. The summed E-state index contributed by atoms with van der Waals surface area (Å²) in [4.78, 5) is 0. The number of rotatable bonds is 11. The Morgan fingerprint density at radius 2 is 1.58 bits per heavy atom. The number of imidazole rings is 1. The van der Waals surface area contributed by atoms with Crippen molar-refractivity contribution >= 4 is 63.7 Å². The molecule has 0 aliphatic rings. The van der Waals surface area contributed by atoms with Gasteiger partial charge in [0.2, 0.25) is 6.33 Å². The first kappa shape index (κ1) is 29.3. The lowest BCUT2D eigenvalue weighted by molar-refractivity contribution is -0.704. The molecular weight excluding hydrogens is 748 g/mol. The van der Waals surface area contributed by atoms with E-state index >= 15 is 0 Å². The van der Waals surface area contributed by atoms with Crippen LogP contribution >= 0.6 is 63.7 Å². The molecule has 4 aromatic rings. The van der Waals surface area contributed by atoms with Gasteiger partial charge in [0.05, 0.1) is 20.8 Å². The van der Waals surface area contributed by atoms with Crippen molar-refractivity contribution in [2.45, 2.75) is 31.9 Å². The van der Waals surface area contributed by atoms with E-state index in [2.05, 4.69) is 74.4 Å². The third-order valence-corrected chi connectivity index (χ3v) is 8.48. The van der Waals surface area contributed by atoms with Gasteiger partial charge in [0.1, 0.15) is 49.2 Å². The largest absolute Gasteiger partial charge is 0.497 e. The maximum atomic E-state index is 10.9. The van der Waals surface area contributed by atoms with Crippen molar-refractivity contribution in [3.05, 3.63) is 108 Å². The Morgan fingerprint density at radius 3 is 2.26 bits per heavy atom. The van der Waals surface area contributed by atoms with Crippen molar-refractivity contribution in [2.24, 2.45) is 0 Å².